The van der Waals surface area contributed by atoms with Gasteiger partial charge in [-0.2, -0.15) is 0 Å². The molecule has 1 aliphatic carbocycles. The third-order valence-electron chi connectivity index (χ3n) is 6.08. The van der Waals surface area contributed by atoms with E-state index in [0.717, 1.165) is 43.1 Å². The summed E-state index contributed by atoms with van der Waals surface area (Å²) < 4.78 is 0. The van der Waals surface area contributed by atoms with Crippen LogP contribution in [0.4, 0.5) is 11.6 Å². The smallest absolute Gasteiger partial charge is 0.152 e. The predicted octanol–water partition coefficient (Wildman–Crippen LogP) is 2.85. The Morgan fingerprint density at radius 1 is 1.29 bits per heavy atom. The Hall–Kier alpha value is -1.61. The van der Waals surface area contributed by atoms with E-state index in [1.165, 1.54) is 24.6 Å². The van der Waals surface area contributed by atoms with E-state index in [-0.39, 0.29) is 17.8 Å². The molecule has 0 bridgehead atoms. The van der Waals surface area contributed by atoms with Crippen molar-refractivity contribution in [3.05, 3.63) is 29.2 Å². The van der Waals surface area contributed by atoms with E-state index < -0.39 is 0 Å². The van der Waals surface area contributed by atoms with Crippen LogP contribution in [0.5, 0.6) is 0 Å². The third-order valence-corrected chi connectivity index (χ3v) is 7.56. The number of piperidine rings is 1. The first-order valence-electron chi connectivity index (χ1n) is 9.57. The highest BCUT2D eigenvalue weighted by Crippen LogP contribution is 2.46. The normalized spacial score (nSPS) is 21.4. The summed E-state index contributed by atoms with van der Waals surface area (Å²) >= 11 is 7.57. The SMILES string of the molecule is Nc1nccc(Sc2cnc(N3CCC4(CCC[C@H]4N)CC3)c(CO)n2)c1Cl. The topological polar surface area (TPSA) is 114 Å². The van der Waals surface area contributed by atoms with Crippen LogP contribution in [0.15, 0.2) is 28.4 Å². The molecule has 4 rings (SSSR count). The molecule has 0 aromatic carbocycles. The van der Waals surface area contributed by atoms with Crippen molar-refractivity contribution in [1.29, 1.82) is 0 Å². The highest BCUT2D eigenvalue weighted by atomic mass is 35.5. The summed E-state index contributed by atoms with van der Waals surface area (Å²) in [6.45, 7) is 1.63. The maximum Gasteiger partial charge on any atom is 0.152 e. The van der Waals surface area contributed by atoms with Crippen molar-refractivity contribution in [2.75, 3.05) is 23.7 Å². The zero-order valence-corrected chi connectivity index (χ0v) is 17.2. The molecule has 0 unspecified atom stereocenters. The Kier molecular flexibility index (Phi) is 5.64. The summed E-state index contributed by atoms with van der Waals surface area (Å²) in [4.78, 5) is 16.2. The average Bonchev–Trinajstić information content (AvgIpc) is 3.06. The summed E-state index contributed by atoms with van der Waals surface area (Å²) in [6, 6.07) is 2.10. The minimum absolute atomic E-state index is 0.163. The molecule has 2 aromatic rings. The van der Waals surface area contributed by atoms with Crippen LogP contribution in [-0.2, 0) is 6.61 Å². The quantitative estimate of drug-likeness (QED) is 0.691. The fourth-order valence-corrected chi connectivity index (χ4v) is 5.44. The molecule has 0 radical (unpaired) electrons. The van der Waals surface area contributed by atoms with Crippen molar-refractivity contribution >= 4 is 35.0 Å². The van der Waals surface area contributed by atoms with Crippen molar-refractivity contribution in [2.45, 2.75) is 54.7 Å². The number of halogens is 1. The van der Waals surface area contributed by atoms with Gasteiger partial charge < -0.3 is 21.5 Å². The Bertz CT molecular complexity index is 858. The van der Waals surface area contributed by atoms with Gasteiger partial charge in [0.25, 0.3) is 0 Å². The number of rotatable bonds is 4. The van der Waals surface area contributed by atoms with Gasteiger partial charge >= 0.3 is 0 Å². The van der Waals surface area contributed by atoms with Crippen LogP contribution in [0.1, 0.15) is 37.8 Å². The fraction of sp³-hybridized carbons (Fsp3) is 0.526. The second-order valence-corrected chi connectivity index (χ2v) is 9.04. The lowest BCUT2D eigenvalue weighted by Gasteiger charge is -2.42. The standard InChI is InChI=1S/C19H25ClN6OS/c20-16-13(3-7-23-17(16)22)28-15-10-24-18(12(11-27)25-15)26-8-5-19(6-9-26)4-1-2-14(19)21/h3,7,10,14,27H,1-2,4-6,8-9,11,21H2,(H2,22,23)/t14-/m1/s1. The minimum Gasteiger partial charge on any atom is -0.390 e. The van der Waals surface area contributed by atoms with Gasteiger partial charge in [-0.1, -0.05) is 29.8 Å². The van der Waals surface area contributed by atoms with E-state index in [1.807, 2.05) is 0 Å². The van der Waals surface area contributed by atoms with Crippen LogP contribution < -0.4 is 16.4 Å². The zero-order chi connectivity index (χ0) is 19.7. The number of nitrogens with zero attached hydrogens (tertiary/aromatic N) is 4. The molecule has 150 valence electrons. The number of aliphatic hydroxyl groups excluding tert-OH is 1. The van der Waals surface area contributed by atoms with Crippen molar-refractivity contribution in [3.8, 4) is 0 Å². The lowest BCUT2D eigenvalue weighted by Crippen LogP contribution is -2.47. The van der Waals surface area contributed by atoms with Gasteiger partial charge in [-0.15, -0.1) is 0 Å². The molecule has 5 N–H and O–H groups in total. The van der Waals surface area contributed by atoms with Gasteiger partial charge in [-0.3, -0.25) is 0 Å². The van der Waals surface area contributed by atoms with Gasteiger partial charge in [0.15, 0.2) is 5.82 Å². The van der Waals surface area contributed by atoms with E-state index in [2.05, 4.69) is 19.9 Å². The largest absolute Gasteiger partial charge is 0.390 e. The summed E-state index contributed by atoms with van der Waals surface area (Å²) in [6.07, 6.45) is 9.07. The molecule has 3 heterocycles. The second kappa shape index (κ2) is 8.02. The number of nitrogens with two attached hydrogens (primary N) is 2. The van der Waals surface area contributed by atoms with Crippen LogP contribution in [0.25, 0.3) is 0 Å². The number of aliphatic hydroxyl groups is 1. The molecule has 28 heavy (non-hydrogen) atoms. The van der Waals surface area contributed by atoms with Crippen LogP contribution >= 0.6 is 23.4 Å². The summed E-state index contributed by atoms with van der Waals surface area (Å²) in [5.74, 6) is 1.04. The first-order valence-corrected chi connectivity index (χ1v) is 10.8. The predicted molar refractivity (Wildman–Crippen MR) is 111 cm³/mol. The van der Waals surface area contributed by atoms with E-state index in [1.54, 1.807) is 18.5 Å². The molecule has 9 heteroatoms. The van der Waals surface area contributed by atoms with Crippen molar-refractivity contribution in [1.82, 2.24) is 15.0 Å². The molecule has 2 fully saturated rings. The first kappa shape index (κ1) is 19.7. The van der Waals surface area contributed by atoms with E-state index in [4.69, 9.17) is 23.1 Å². The molecular weight excluding hydrogens is 396 g/mol. The highest BCUT2D eigenvalue weighted by Gasteiger charge is 2.43. The van der Waals surface area contributed by atoms with Gasteiger partial charge in [0.2, 0.25) is 0 Å². The minimum atomic E-state index is -0.163. The fourth-order valence-electron chi connectivity index (χ4n) is 4.41. The second-order valence-electron chi connectivity index (χ2n) is 7.60. The van der Waals surface area contributed by atoms with Gasteiger partial charge in [-0.25, -0.2) is 15.0 Å². The van der Waals surface area contributed by atoms with Crippen molar-refractivity contribution < 1.29 is 5.11 Å². The van der Waals surface area contributed by atoms with Crippen molar-refractivity contribution in [3.63, 3.8) is 0 Å². The summed E-state index contributed by atoms with van der Waals surface area (Å²) in [5, 5.41) is 10.9. The monoisotopic (exact) mass is 420 g/mol. The van der Waals surface area contributed by atoms with Crippen molar-refractivity contribution in [2.24, 2.45) is 11.1 Å². The van der Waals surface area contributed by atoms with Crippen LogP contribution in [0, 0.1) is 5.41 Å². The maximum atomic E-state index is 9.87. The summed E-state index contributed by atoms with van der Waals surface area (Å²) in [7, 11) is 0. The summed E-state index contributed by atoms with van der Waals surface area (Å²) in [5.41, 5.74) is 13.0. The molecular formula is C19H25ClN6OS. The number of anilines is 2. The number of hydrogen-bond donors (Lipinski definition) is 3. The molecule has 1 atom stereocenters. The van der Waals surface area contributed by atoms with Crippen LogP contribution in [-0.4, -0.2) is 39.2 Å². The van der Waals surface area contributed by atoms with E-state index >= 15 is 0 Å². The van der Waals surface area contributed by atoms with Gasteiger partial charge in [0, 0.05) is 30.2 Å². The molecule has 0 amide bonds. The Morgan fingerprint density at radius 3 is 2.75 bits per heavy atom. The average molecular weight is 421 g/mol. The highest BCUT2D eigenvalue weighted by molar-refractivity contribution is 7.99. The number of hydrogen-bond acceptors (Lipinski definition) is 8. The van der Waals surface area contributed by atoms with Gasteiger partial charge in [0.05, 0.1) is 17.8 Å². The Labute approximate surface area is 173 Å². The molecule has 1 saturated heterocycles. The van der Waals surface area contributed by atoms with E-state index in [0.29, 0.717) is 21.8 Å². The van der Waals surface area contributed by atoms with Crippen LogP contribution in [0.2, 0.25) is 5.02 Å². The lowest BCUT2D eigenvalue weighted by molar-refractivity contribution is 0.196. The van der Waals surface area contributed by atoms with Gasteiger partial charge in [-0.05, 0) is 37.2 Å². The van der Waals surface area contributed by atoms with Crippen LogP contribution in [0.3, 0.4) is 0 Å². The first-order chi connectivity index (χ1) is 13.5. The lowest BCUT2D eigenvalue weighted by atomic mass is 9.74. The van der Waals surface area contributed by atoms with E-state index in [9.17, 15) is 5.11 Å². The molecule has 7 nitrogen and oxygen atoms in total. The molecule has 1 spiro atoms. The van der Waals surface area contributed by atoms with Gasteiger partial charge in [0.1, 0.15) is 16.5 Å². The molecule has 2 aliphatic rings. The Morgan fingerprint density at radius 2 is 2.07 bits per heavy atom. The molecule has 1 aliphatic heterocycles. The molecule has 1 saturated carbocycles. The Balaban J connectivity index is 1.51. The third kappa shape index (κ3) is 3.66. The molecule has 2 aromatic heterocycles. The number of aromatic nitrogens is 3. The number of pyridine rings is 1. The zero-order valence-electron chi connectivity index (χ0n) is 15.6. The maximum absolute atomic E-state index is 9.87. The number of nitrogen functional groups attached to an aromatic ring is 1.